The molecule has 6 N–H and O–H groups in total. The van der Waals surface area contributed by atoms with Crippen LogP contribution in [0, 0.1) is 0 Å². The Bertz CT molecular complexity index is 898. The first-order valence-corrected chi connectivity index (χ1v) is 10.5. The highest BCUT2D eigenvalue weighted by molar-refractivity contribution is 6.30. The third-order valence-electron chi connectivity index (χ3n) is 4.13. The van der Waals surface area contributed by atoms with Crippen LogP contribution in [0.5, 0.6) is 0 Å². The number of aldehydes is 1. The zero-order valence-corrected chi connectivity index (χ0v) is 19.1. The lowest BCUT2D eigenvalue weighted by Crippen LogP contribution is -2.28. The summed E-state index contributed by atoms with van der Waals surface area (Å²) in [4.78, 5) is 21.9. The van der Waals surface area contributed by atoms with Gasteiger partial charge in [-0.15, -0.1) is 0 Å². The molecule has 172 valence electrons. The molecule has 2 aromatic rings. The molecule has 32 heavy (non-hydrogen) atoms. The highest BCUT2D eigenvalue weighted by Crippen LogP contribution is 2.27. The quantitative estimate of drug-likeness (QED) is 0.317. The molecule has 2 aromatic carbocycles. The maximum Gasteiger partial charge on any atom is 0.253 e. The standard InChI is InChI=1S/C17H16ClNO2.C5H8N2O.C2H7N/c18-15-7-5-12(6-8-15)13-3-1-4-14(11-13)16-17(20)19-9-2-10-21-16;6-2-1-5(3-7)4-8;1-3-2/h1,3-8,11,16H,2,9-10H2,(H,19,20);1-4H,6-7H2;3H,1-2H3/b;2-1-,5-3+;. The number of benzene rings is 2. The first-order valence-electron chi connectivity index (χ1n) is 10.1. The van der Waals surface area contributed by atoms with Crippen molar-refractivity contribution in [2.45, 2.75) is 12.5 Å². The molecule has 1 amide bonds. The molecule has 0 radical (unpaired) electrons. The number of allylic oxidation sites excluding steroid dienone is 2. The molecule has 0 aliphatic carbocycles. The van der Waals surface area contributed by atoms with Crippen LogP contribution in [0.15, 0.2) is 72.6 Å². The summed E-state index contributed by atoms with van der Waals surface area (Å²) in [5, 5.41) is 6.34. The summed E-state index contributed by atoms with van der Waals surface area (Å²) < 4.78 is 5.68. The van der Waals surface area contributed by atoms with Crippen LogP contribution in [0.4, 0.5) is 0 Å². The third kappa shape index (κ3) is 9.34. The van der Waals surface area contributed by atoms with Crippen molar-refractivity contribution in [2.75, 3.05) is 27.2 Å². The first kappa shape index (κ1) is 26.9. The van der Waals surface area contributed by atoms with Crippen molar-refractivity contribution in [1.82, 2.24) is 10.6 Å². The van der Waals surface area contributed by atoms with E-state index in [-0.39, 0.29) is 5.91 Å². The number of carbonyl (C=O) groups excluding carboxylic acids is 2. The van der Waals surface area contributed by atoms with E-state index in [4.69, 9.17) is 27.8 Å². The number of nitrogens with one attached hydrogen (secondary N) is 2. The van der Waals surface area contributed by atoms with Crippen LogP contribution in [0.3, 0.4) is 0 Å². The molecule has 1 aliphatic rings. The van der Waals surface area contributed by atoms with Gasteiger partial charge < -0.3 is 26.8 Å². The van der Waals surface area contributed by atoms with E-state index >= 15 is 0 Å². The van der Waals surface area contributed by atoms with Crippen LogP contribution >= 0.6 is 11.6 Å². The van der Waals surface area contributed by atoms with Crippen LogP contribution in [-0.4, -0.2) is 39.4 Å². The van der Waals surface area contributed by atoms with Crippen LogP contribution in [-0.2, 0) is 14.3 Å². The van der Waals surface area contributed by atoms with E-state index in [0.717, 1.165) is 23.1 Å². The fourth-order valence-corrected chi connectivity index (χ4v) is 2.80. The molecule has 8 heteroatoms. The Morgan fingerprint density at radius 3 is 2.41 bits per heavy atom. The van der Waals surface area contributed by atoms with Gasteiger partial charge in [0, 0.05) is 29.9 Å². The average molecular weight is 459 g/mol. The number of nitrogens with two attached hydrogens (primary N) is 2. The molecule has 1 fully saturated rings. The molecule has 1 atom stereocenters. The molecule has 1 saturated heterocycles. The largest absolute Gasteiger partial charge is 0.405 e. The zero-order valence-electron chi connectivity index (χ0n) is 18.4. The van der Waals surface area contributed by atoms with Crippen LogP contribution in [0.2, 0.25) is 5.02 Å². The van der Waals surface area contributed by atoms with E-state index in [9.17, 15) is 9.59 Å². The summed E-state index contributed by atoms with van der Waals surface area (Å²) in [7, 11) is 3.75. The number of hydrogen-bond donors (Lipinski definition) is 4. The average Bonchev–Trinajstić information content (AvgIpc) is 3.03. The van der Waals surface area contributed by atoms with Crippen molar-refractivity contribution in [3.8, 4) is 11.1 Å². The van der Waals surface area contributed by atoms with Crippen LogP contribution in [0.1, 0.15) is 18.1 Å². The Labute approximate surface area is 194 Å². The van der Waals surface area contributed by atoms with E-state index in [0.29, 0.717) is 30.0 Å². The number of rotatable bonds is 4. The SMILES string of the molecule is CNC.N/C=C\C(C=O)=C/N.O=C1NCCCOC1c1cccc(-c2ccc(Cl)cc2)c1. The Balaban J connectivity index is 0.000000392. The van der Waals surface area contributed by atoms with Gasteiger partial charge in [0.05, 0.1) is 0 Å². The number of amides is 1. The molecule has 3 rings (SSSR count). The fourth-order valence-electron chi connectivity index (χ4n) is 2.67. The lowest BCUT2D eigenvalue weighted by Gasteiger charge is -2.15. The molecule has 0 bridgehead atoms. The van der Waals surface area contributed by atoms with Crippen molar-refractivity contribution in [3.05, 3.63) is 83.2 Å². The number of carbonyl (C=O) groups is 2. The summed E-state index contributed by atoms with van der Waals surface area (Å²) in [6.45, 7) is 1.26. The molecular weight excluding hydrogens is 428 g/mol. The predicted octanol–water partition coefficient (Wildman–Crippen LogP) is 2.92. The summed E-state index contributed by atoms with van der Waals surface area (Å²) in [6.07, 6.45) is 4.82. The molecule has 1 aliphatic heterocycles. The highest BCUT2D eigenvalue weighted by atomic mass is 35.5. The Hall–Kier alpha value is -3.13. The Morgan fingerprint density at radius 2 is 1.84 bits per heavy atom. The van der Waals surface area contributed by atoms with Crippen molar-refractivity contribution >= 4 is 23.8 Å². The van der Waals surface area contributed by atoms with Crippen LogP contribution < -0.4 is 22.1 Å². The smallest absolute Gasteiger partial charge is 0.253 e. The van der Waals surface area contributed by atoms with Gasteiger partial charge in [0.1, 0.15) is 0 Å². The monoisotopic (exact) mass is 458 g/mol. The van der Waals surface area contributed by atoms with Crippen molar-refractivity contribution < 1.29 is 14.3 Å². The van der Waals surface area contributed by atoms with Gasteiger partial charge in [0.15, 0.2) is 12.4 Å². The van der Waals surface area contributed by atoms with E-state index in [1.165, 1.54) is 18.5 Å². The van der Waals surface area contributed by atoms with Gasteiger partial charge in [-0.2, -0.15) is 0 Å². The Kier molecular flexibility index (Phi) is 13.1. The minimum absolute atomic E-state index is 0.0687. The predicted molar refractivity (Wildman–Crippen MR) is 130 cm³/mol. The van der Waals surface area contributed by atoms with Gasteiger partial charge >= 0.3 is 0 Å². The topological polar surface area (TPSA) is 119 Å². The van der Waals surface area contributed by atoms with Gasteiger partial charge in [-0.25, -0.2) is 0 Å². The molecule has 1 unspecified atom stereocenters. The zero-order chi connectivity index (χ0) is 23.8. The number of halogens is 1. The molecule has 0 saturated carbocycles. The van der Waals surface area contributed by atoms with E-state index in [2.05, 4.69) is 10.6 Å². The van der Waals surface area contributed by atoms with Crippen molar-refractivity contribution in [1.29, 1.82) is 0 Å². The molecule has 0 spiro atoms. The second kappa shape index (κ2) is 15.6. The van der Waals surface area contributed by atoms with Gasteiger partial charge in [-0.1, -0.05) is 41.9 Å². The van der Waals surface area contributed by atoms with E-state index in [1.54, 1.807) is 0 Å². The fraction of sp³-hybridized carbons (Fsp3) is 0.250. The van der Waals surface area contributed by atoms with Crippen molar-refractivity contribution in [3.63, 3.8) is 0 Å². The lowest BCUT2D eigenvalue weighted by atomic mass is 10.0. The van der Waals surface area contributed by atoms with E-state index < -0.39 is 6.10 Å². The third-order valence-corrected chi connectivity index (χ3v) is 4.38. The summed E-state index contributed by atoms with van der Waals surface area (Å²) in [5.41, 5.74) is 13.3. The molecular formula is C24H31ClN4O3. The highest BCUT2D eigenvalue weighted by Gasteiger charge is 2.23. The minimum atomic E-state index is -0.528. The minimum Gasteiger partial charge on any atom is -0.405 e. The summed E-state index contributed by atoms with van der Waals surface area (Å²) >= 11 is 5.92. The summed E-state index contributed by atoms with van der Waals surface area (Å²) in [5.74, 6) is -0.0687. The van der Waals surface area contributed by atoms with Gasteiger partial charge in [0.2, 0.25) is 0 Å². The normalized spacial score (nSPS) is 16.0. The first-order chi connectivity index (χ1) is 15.5. The molecule has 0 aromatic heterocycles. The second-order valence-corrected chi connectivity index (χ2v) is 7.11. The maximum atomic E-state index is 12.1. The second-order valence-electron chi connectivity index (χ2n) is 6.67. The van der Waals surface area contributed by atoms with Gasteiger partial charge in [-0.3, -0.25) is 9.59 Å². The van der Waals surface area contributed by atoms with E-state index in [1.807, 2.05) is 62.6 Å². The van der Waals surface area contributed by atoms with Crippen LogP contribution in [0.25, 0.3) is 11.1 Å². The maximum absolute atomic E-state index is 12.1. The molecule has 1 heterocycles. The summed E-state index contributed by atoms with van der Waals surface area (Å²) in [6, 6.07) is 15.5. The number of hydrogen-bond acceptors (Lipinski definition) is 6. The Morgan fingerprint density at radius 1 is 1.16 bits per heavy atom. The van der Waals surface area contributed by atoms with Gasteiger partial charge in [-0.05, 0) is 67.7 Å². The number of ether oxygens (including phenoxy) is 1. The van der Waals surface area contributed by atoms with Gasteiger partial charge in [0.25, 0.3) is 5.91 Å². The molecule has 7 nitrogen and oxygen atoms in total. The lowest BCUT2D eigenvalue weighted by molar-refractivity contribution is -0.131. The van der Waals surface area contributed by atoms with Crippen molar-refractivity contribution in [2.24, 2.45) is 11.5 Å².